The van der Waals surface area contributed by atoms with Crippen LogP contribution in [-0.4, -0.2) is 17.3 Å². The molecule has 0 aliphatic carbocycles. The molecule has 4 heteroatoms. The highest BCUT2D eigenvalue weighted by molar-refractivity contribution is 7.98. The van der Waals surface area contributed by atoms with Gasteiger partial charge in [-0.1, -0.05) is 24.3 Å². The molecule has 2 aromatic rings. The molecule has 1 aliphatic rings. The molecule has 1 unspecified atom stereocenters. The van der Waals surface area contributed by atoms with E-state index in [1.54, 1.807) is 11.3 Å². The molecule has 0 fully saturated rings. The van der Waals surface area contributed by atoms with Crippen molar-refractivity contribution in [3.63, 3.8) is 0 Å². The normalized spacial score (nSPS) is 18.6. The van der Waals surface area contributed by atoms with Gasteiger partial charge in [0, 0.05) is 35.9 Å². The Morgan fingerprint density at radius 3 is 3.17 bits per heavy atom. The van der Waals surface area contributed by atoms with Crippen LogP contribution in [0.1, 0.15) is 22.9 Å². The van der Waals surface area contributed by atoms with Gasteiger partial charge in [0.1, 0.15) is 0 Å². The minimum Gasteiger partial charge on any atom is -0.309 e. The Kier molecular flexibility index (Phi) is 3.98. The minimum absolute atomic E-state index is 0.499. The van der Waals surface area contributed by atoms with E-state index in [9.17, 15) is 0 Å². The molecule has 1 aliphatic heterocycles. The Balaban J connectivity index is 1.60. The molecule has 0 saturated carbocycles. The van der Waals surface area contributed by atoms with E-state index in [2.05, 4.69) is 39.9 Å². The van der Waals surface area contributed by atoms with Gasteiger partial charge >= 0.3 is 0 Å². The lowest BCUT2D eigenvalue weighted by Gasteiger charge is -2.26. The van der Waals surface area contributed by atoms with Crippen LogP contribution in [0, 0.1) is 0 Å². The predicted octanol–water partition coefficient (Wildman–Crippen LogP) is 3.26. The lowest BCUT2D eigenvalue weighted by molar-refractivity contribution is 0.575. The Hall–Kier alpha value is -0.840. The summed E-state index contributed by atoms with van der Waals surface area (Å²) < 4.78 is 0. The van der Waals surface area contributed by atoms with Crippen LogP contribution in [0.15, 0.2) is 35.2 Å². The molecule has 0 saturated heterocycles. The third-order valence-electron chi connectivity index (χ3n) is 3.23. The molecule has 18 heavy (non-hydrogen) atoms. The van der Waals surface area contributed by atoms with Crippen LogP contribution in [0.3, 0.4) is 0 Å². The van der Waals surface area contributed by atoms with Crippen molar-refractivity contribution in [3.05, 3.63) is 52.0 Å². The van der Waals surface area contributed by atoms with Gasteiger partial charge in [-0.15, -0.1) is 11.3 Å². The van der Waals surface area contributed by atoms with Crippen molar-refractivity contribution < 1.29 is 0 Å². The number of benzene rings is 1. The second-order valence-corrected chi connectivity index (χ2v) is 6.20. The SMILES string of the molecule is c1ccc2c(c1)CSCC2NCCc1cscn1. The fourth-order valence-corrected chi connectivity index (χ4v) is 4.01. The maximum atomic E-state index is 4.32. The number of nitrogens with zero attached hydrogens (tertiary/aromatic N) is 1. The third-order valence-corrected chi connectivity index (χ3v) is 4.95. The summed E-state index contributed by atoms with van der Waals surface area (Å²) in [4.78, 5) is 4.32. The quantitative estimate of drug-likeness (QED) is 0.928. The molecule has 0 amide bonds. The number of fused-ring (bicyclic) bond motifs is 1. The van der Waals surface area contributed by atoms with Crippen molar-refractivity contribution >= 4 is 23.1 Å². The summed E-state index contributed by atoms with van der Waals surface area (Å²) in [5, 5.41) is 5.79. The van der Waals surface area contributed by atoms with Crippen LogP contribution in [0.4, 0.5) is 0 Å². The van der Waals surface area contributed by atoms with E-state index in [4.69, 9.17) is 0 Å². The number of nitrogens with one attached hydrogen (secondary N) is 1. The van der Waals surface area contributed by atoms with Crippen molar-refractivity contribution in [3.8, 4) is 0 Å². The zero-order valence-corrected chi connectivity index (χ0v) is 11.8. The van der Waals surface area contributed by atoms with Crippen LogP contribution in [0.5, 0.6) is 0 Å². The molecule has 1 N–H and O–H groups in total. The standard InChI is InChI=1S/C14H16N2S2/c1-2-4-13-11(3-1)7-17-9-14(13)15-6-5-12-8-18-10-16-12/h1-4,8,10,14-15H,5-7,9H2. The zero-order valence-electron chi connectivity index (χ0n) is 10.1. The molecular formula is C14H16N2S2. The summed E-state index contributed by atoms with van der Waals surface area (Å²) in [6.45, 7) is 1.00. The molecule has 1 aromatic heterocycles. The third kappa shape index (κ3) is 2.76. The first-order valence-corrected chi connectivity index (χ1v) is 8.29. The zero-order chi connectivity index (χ0) is 12.2. The summed E-state index contributed by atoms with van der Waals surface area (Å²) in [5.41, 5.74) is 6.07. The summed E-state index contributed by atoms with van der Waals surface area (Å²) in [7, 11) is 0. The van der Waals surface area contributed by atoms with Crippen LogP contribution >= 0.6 is 23.1 Å². The fourth-order valence-electron chi connectivity index (χ4n) is 2.29. The minimum atomic E-state index is 0.499. The molecule has 1 aromatic carbocycles. The van der Waals surface area contributed by atoms with Crippen molar-refractivity contribution in [1.82, 2.24) is 10.3 Å². The Morgan fingerprint density at radius 2 is 2.28 bits per heavy atom. The number of hydrogen-bond donors (Lipinski definition) is 1. The molecule has 1 atom stereocenters. The van der Waals surface area contributed by atoms with E-state index < -0.39 is 0 Å². The number of rotatable bonds is 4. The highest BCUT2D eigenvalue weighted by Crippen LogP contribution is 2.31. The molecule has 3 rings (SSSR count). The molecule has 2 nitrogen and oxygen atoms in total. The van der Waals surface area contributed by atoms with E-state index in [0.717, 1.165) is 18.7 Å². The molecule has 0 radical (unpaired) electrons. The van der Waals surface area contributed by atoms with Gasteiger partial charge in [-0.2, -0.15) is 11.8 Å². The summed E-state index contributed by atoms with van der Waals surface area (Å²) in [6.07, 6.45) is 1.02. The number of thiazole rings is 1. The van der Waals surface area contributed by atoms with Gasteiger partial charge in [-0.25, -0.2) is 4.98 Å². The molecule has 0 bridgehead atoms. The Bertz CT molecular complexity index is 496. The lowest BCUT2D eigenvalue weighted by Crippen LogP contribution is -2.28. The van der Waals surface area contributed by atoms with E-state index in [-0.39, 0.29) is 0 Å². The summed E-state index contributed by atoms with van der Waals surface area (Å²) in [6, 6.07) is 9.28. The van der Waals surface area contributed by atoms with E-state index >= 15 is 0 Å². The second-order valence-electron chi connectivity index (χ2n) is 4.45. The monoisotopic (exact) mass is 276 g/mol. The highest BCUT2D eigenvalue weighted by Gasteiger charge is 2.19. The van der Waals surface area contributed by atoms with Crippen molar-refractivity contribution in [2.75, 3.05) is 12.3 Å². The van der Waals surface area contributed by atoms with Crippen molar-refractivity contribution in [2.45, 2.75) is 18.2 Å². The predicted molar refractivity (Wildman–Crippen MR) is 79.2 cm³/mol. The fraction of sp³-hybridized carbons (Fsp3) is 0.357. The van der Waals surface area contributed by atoms with Gasteiger partial charge in [0.15, 0.2) is 0 Å². The topological polar surface area (TPSA) is 24.9 Å². The Labute approximate surface area is 116 Å². The number of thioether (sulfide) groups is 1. The molecule has 0 spiro atoms. The molecule has 94 valence electrons. The Morgan fingerprint density at radius 1 is 1.33 bits per heavy atom. The van der Waals surface area contributed by atoms with Crippen LogP contribution < -0.4 is 5.32 Å². The van der Waals surface area contributed by atoms with Crippen LogP contribution in [-0.2, 0) is 12.2 Å². The van der Waals surface area contributed by atoms with Crippen molar-refractivity contribution in [2.24, 2.45) is 0 Å². The first kappa shape index (κ1) is 12.2. The lowest BCUT2D eigenvalue weighted by atomic mass is 10.0. The first-order valence-electron chi connectivity index (χ1n) is 6.19. The average Bonchev–Trinajstić information content (AvgIpc) is 2.92. The second kappa shape index (κ2) is 5.87. The summed E-state index contributed by atoms with van der Waals surface area (Å²) >= 11 is 3.69. The van der Waals surface area contributed by atoms with Crippen LogP contribution in [0.25, 0.3) is 0 Å². The van der Waals surface area contributed by atoms with E-state index in [1.807, 2.05) is 17.3 Å². The first-order chi connectivity index (χ1) is 8.93. The van der Waals surface area contributed by atoms with Gasteiger partial charge in [-0.05, 0) is 11.1 Å². The average molecular weight is 276 g/mol. The largest absolute Gasteiger partial charge is 0.309 e. The van der Waals surface area contributed by atoms with Crippen LogP contribution in [0.2, 0.25) is 0 Å². The van der Waals surface area contributed by atoms with E-state index in [0.29, 0.717) is 6.04 Å². The van der Waals surface area contributed by atoms with Crippen molar-refractivity contribution in [1.29, 1.82) is 0 Å². The van der Waals surface area contributed by atoms with Gasteiger partial charge < -0.3 is 5.32 Å². The number of aromatic nitrogens is 1. The smallest absolute Gasteiger partial charge is 0.0794 e. The molecular weight excluding hydrogens is 260 g/mol. The van der Waals surface area contributed by atoms with Gasteiger partial charge in [0.2, 0.25) is 0 Å². The maximum Gasteiger partial charge on any atom is 0.0794 e. The summed E-state index contributed by atoms with van der Waals surface area (Å²) in [5.74, 6) is 2.33. The van der Waals surface area contributed by atoms with Gasteiger partial charge in [0.05, 0.1) is 11.2 Å². The number of hydrogen-bond acceptors (Lipinski definition) is 4. The van der Waals surface area contributed by atoms with E-state index in [1.165, 1.54) is 22.6 Å². The maximum absolute atomic E-state index is 4.32. The highest BCUT2D eigenvalue weighted by atomic mass is 32.2. The van der Waals surface area contributed by atoms with Gasteiger partial charge in [0.25, 0.3) is 0 Å². The van der Waals surface area contributed by atoms with Gasteiger partial charge in [-0.3, -0.25) is 0 Å². The molecule has 2 heterocycles.